The van der Waals surface area contributed by atoms with E-state index in [0.717, 1.165) is 12.5 Å². The molecule has 0 aliphatic heterocycles. The Balaban J connectivity index is 0. The molecule has 0 aromatic rings. The van der Waals surface area contributed by atoms with Gasteiger partial charge in [-0.15, -0.1) is 0 Å². The SMILES string of the molecule is C[C-](C)OC[CH-]C(=O)O.[Y]. The predicted molar refractivity (Wildman–Crippen MR) is 32.5 cm³/mol. The molecular formula is C6H10O3Y-2. The van der Waals surface area contributed by atoms with E-state index in [4.69, 9.17) is 9.84 Å². The summed E-state index contributed by atoms with van der Waals surface area (Å²) in [4.78, 5) is 9.84. The van der Waals surface area contributed by atoms with Crippen LogP contribution in [0.1, 0.15) is 13.8 Å². The van der Waals surface area contributed by atoms with Crippen molar-refractivity contribution >= 4 is 5.97 Å². The van der Waals surface area contributed by atoms with Crippen molar-refractivity contribution < 1.29 is 47.3 Å². The second-order valence-electron chi connectivity index (χ2n) is 1.76. The van der Waals surface area contributed by atoms with E-state index in [-0.39, 0.29) is 39.3 Å². The second kappa shape index (κ2) is 7.51. The third-order valence-corrected chi connectivity index (χ3v) is 0.630. The first-order valence-corrected chi connectivity index (χ1v) is 2.62. The topological polar surface area (TPSA) is 46.5 Å². The molecule has 0 fully saturated rings. The van der Waals surface area contributed by atoms with E-state index in [9.17, 15) is 4.79 Å². The Morgan fingerprint density at radius 3 is 2.50 bits per heavy atom. The number of hydrogen-bond donors (Lipinski definition) is 1. The summed E-state index contributed by atoms with van der Waals surface area (Å²) < 4.78 is 4.83. The van der Waals surface area contributed by atoms with Gasteiger partial charge in [0.15, 0.2) is 5.97 Å². The number of carbonyl (C=O) groups is 1. The van der Waals surface area contributed by atoms with Crippen LogP contribution < -0.4 is 0 Å². The second-order valence-corrected chi connectivity index (χ2v) is 1.76. The van der Waals surface area contributed by atoms with Gasteiger partial charge in [-0.25, -0.2) is 6.10 Å². The number of aliphatic carboxylic acids is 1. The van der Waals surface area contributed by atoms with Gasteiger partial charge in [0.1, 0.15) is 0 Å². The van der Waals surface area contributed by atoms with E-state index < -0.39 is 5.97 Å². The van der Waals surface area contributed by atoms with Gasteiger partial charge in [-0.2, -0.15) is 13.8 Å². The van der Waals surface area contributed by atoms with E-state index in [0.29, 0.717) is 0 Å². The summed E-state index contributed by atoms with van der Waals surface area (Å²) >= 11 is 0. The fourth-order valence-electron chi connectivity index (χ4n) is 0.280. The summed E-state index contributed by atoms with van der Waals surface area (Å²) in [5.74, 6) is -0.948. The van der Waals surface area contributed by atoms with Crippen molar-refractivity contribution in [2.75, 3.05) is 6.61 Å². The molecule has 0 bridgehead atoms. The molecule has 57 valence electrons. The molecule has 0 saturated heterocycles. The zero-order valence-electron chi connectivity index (χ0n) is 6.13. The molecule has 0 aromatic carbocycles. The molecular weight excluding hydrogens is 209 g/mol. The number of hydrogen-bond acceptors (Lipinski definition) is 2. The number of carboxylic acid groups (broad SMARTS) is 1. The monoisotopic (exact) mass is 219 g/mol. The molecule has 4 heteroatoms. The molecule has 0 aliphatic rings. The van der Waals surface area contributed by atoms with Crippen LogP contribution >= 0.6 is 0 Å². The first kappa shape index (κ1) is 13.0. The quantitative estimate of drug-likeness (QED) is 0.713. The summed E-state index contributed by atoms with van der Waals surface area (Å²) in [6.07, 6.45) is 1.83. The molecule has 0 aliphatic carbocycles. The van der Waals surface area contributed by atoms with Crippen molar-refractivity contribution in [2.24, 2.45) is 0 Å². The van der Waals surface area contributed by atoms with Crippen molar-refractivity contribution in [3.8, 4) is 0 Å². The van der Waals surface area contributed by atoms with E-state index in [2.05, 4.69) is 0 Å². The van der Waals surface area contributed by atoms with Gasteiger partial charge in [0, 0.05) is 32.7 Å². The van der Waals surface area contributed by atoms with Gasteiger partial charge in [-0.1, -0.05) is 6.61 Å². The summed E-state index contributed by atoms with van der Waals surface area (Å²) in [5.41, 5.74) is 0. The van der Waals surface area contributed by atoms with E-state index in [1.165, 1.54) is 0 Å². The fourth-order valence-corrected chi connectivity index (χ4v) is 0.280. The molecule has 10 heavy (non-hydrogen) atoms. The average molecular weight is 219 g/mol. The summed E-state index contributed by atoms with van der Waals surface area (Å²) in [7, 11) is 0. The number of rotatable bonds is 4. The summed E-state index contributed by atoms with van der Waals surface area (Å²) in [5, 5.41) is 8.08. The van der Waals surface area contributed by atoms with Crippen molar-refractivity contribution in [1.29, 1.82) is 0 Å². The third kappa shape index (κ3) is 11.2. The molecule has 0 aromatic heterocycles. The van der Waals surface area contributed by atoms with Gasteiger partial charge < -0.3 is 9.84 Å². The minimum atomic E-state index is -0.948. The Hall–Kier alpha value is 0.404. The Morgan fingerprint density at radius 1 is 1.70 bits per heavy atom. The van der Waals surface area contributed by atoms with Crippen LogP contribution in [0.4, 0.5) is 0 Å². The summed E-state index contributed by atoms with van der Waals surface area (Å²) in [6.45, 7) is 3.70. The van der Waals surface area contributed by atoms with Gasteiger partial charge in [-0.3, -0.25) is 11.2 Å². The molecule has 0 unspecified atom stereocenters. The van der Waals surface area contributed by atoms with Crippen molar-refractivity contribution in [2.45, 2.75) is 13.8 Å². The molecule has 0 rings (SSSR count). The van der Waals surface area contributed by atoms with Crippen molar-refractivity contribution in [1.82, 2.24) is 0 Å². The average Bonchev–Trinajstić information content (AvgIpc) is 1.63. The molecule has 0 amide bonds. The van der Waals surface area contributed by atoms with E-state index in [1.54, 1.807) is 13.8 Å². The smallest absolute Gasteiger partial charge is 0.165 e. The Morgan fingerprint density at radius 2 is 2.20 bits per heavy atom. The molecule has 1 radical (unpaired) electrons. The van der Waals surface area contributed by atoms with Crippen LogP contribution in [0.25, 0.3) is 0 Å². The molecule has 0 atom stereocenters. The van der Waals surface area contributed by atoms with Crippen LogP contribution in [-0.2, 0) is 42.2 Å². The van der Waals surface area contributed by atoms with Crippen LogP contribution in [-0.4, -0.2) is 17.7 Å². The number of ether oxygens (including phenoxy) is 1. The van der Waals surface area contributed by atoms with E-state index in [1.807, 2.05) is 0 Å². The standard InChI is InChI=1S/C6H10O3.Y/c1-5(2)9-4-3-6(7)8;/h3H,4H2,1-2H3,(H,7,8);/q-2;. The third-order valence-electron chi connectivity index (χ3n) is 0.630. The zero-order valence-corrected chi connectivity index (χ0v) is 8.96. The largest absolute Gasteiger partial charge is 0.572 e. The van der Waals surface area contributed by atoms with Gasteiger partial charge in [0.25, 0.3) is 0 Å². The Bertz CT molecular complexity index is 93.0. The molecule has 1 N–H and O–H groups in total. The van der Waals surface area contributed by atoms with Gasteiger partial charge in [-0.05, 0) is 0 Å². The van der Waals surface area contributed by atoms with Crippen LogP contribution in [0, 0.1) is 12.5 Å². The van der Waals surface area contributed by atoms with Crippen molar-refractivity contribution in [3.63, 3.8) is 0 Å². The minimum absolute atomic E-state index is 0. The fraction of sp³-hybridized carbons (Fsp3) is 0.500. The first-order chi connectivity index (χ1) is 4.13. The molecule has 0 saturated carbocycles. The van der Waals surface area contributed by atoms with Gasteiger partial charge in [0.05, 0.1) is 0 Å². The van der Waals surface area contributed by atoms with Crippen LogP contribution in [0.2, 0.25) is 0 Å². The number of carboxylic acids is 1. The maximum absolute atomic E-state index is 9.84. The Labute approximate surface area is 86.0 Å². The van der Waals surface area contributed by atoms with Crippen molar-refractivity contribution in [3.05, 3.63) is 12.5 Å². The molecule has 3 nitrogen and oxygen atoms in total. The maximum atomic E-state index is 9.84. The molecule has 0 spiro atoms. The van der Waals surface area contributed by atoms with Gasteiger partial charge >= 0.3 is 0 Å². The Kier molecular flexibility index (Phi) is 9.78. The summed E-state index contributed by atoms with van der Waals surface area (Å²) in [6, 6.07) is 0. The predicted octanol–water partition coefficient (Wildman–Crippen LogP) is 0.861. The van der Waals surface area contributed by atoms with Gasteiger partial charge in [0.2, 0.25) is 0 Å². The van der Waals surface area contributed by atoms with Crippen LogP contribution in [0.3, 0.4) is 0 Å². The normalized spacial score (nSPS) is 8.70. The zero-order chi connectivity index (χ0) is 7.28. The van der Waals surface area contributed by atoms with Crippen LogP contribution in [0.5, 0.6) is 0 Å². The molecule has 0 heterocycles. The minimum Gasteiger partial charge on any atom is -0.572 e. The first-order valence-electron chi connectivity index (χ1n) is 2.62. The van der Waals surface area contributed by atoms with E-state index >= 15 is 0 Å². The van der Waals surface area contributed by atoms with Crippen LogP contribution in [0.15, 0.2) is 0 Å². The maximum Gasteiger partial charge on any atom is 0.165 e.